The molecule has 2 N–H and O–H groups in total. The first-order chi connectivity index (χ1) is 18.4. The highest BCUT2D eigenvalue weighted by molar-refractivity contribution is 7.92. The van der Waals surface area contributed by atoms with E-state index in [9.17, 15) is 31.2 Å². The van der Waals surface area contributed by atoms with Gasteiger partial charge in [0.1, 0.15) is 0 Å². The number of benzene rings is 3. The first kappa shape index (κ1) is 26.2. The first-order valence-corrected chi connectivity index (χ1v) is 13.6. The van der Waals surface area contributed by atoms with Crippen molar-refractivity contribution in [2.24, 2.45) is 0 Å². The van der Waals surface area contributed by atoms with Crippen molar-refractivity contribution in [2.45, 2.75) is 12.6 Å². The molecule has 0 bridgehead atoms. The number of sulfonamides is 1. The molecule has 0 atom stereocenters. The summed E-state index contributed by atoms with van der Waals surface area (Å²) in [5.41, 5.74) is 1.83. The number of hydrogen-bond donors (Lipinski definition) is 2. The zero-order chi connectivity index (χ0) is 27.9. The number of alkyl halides is 3. The number of aromatic nitrogens is 2. The molecule has 3 aromatic carbocycles. The van der Waals surface area contributed by atoms with E-state index in [0.717, 1.165) is 18.4 Å². The predicted octanol–water partition coefficient (Wildman–Crippen LogP) is 4.70. The van der Waals surface area contributed by atoms with Crippen LogP contribution in [-0.2, 0) is 22.6 Å². The number of aromatic amines is 1. The van der Waals surface area contributed by atoms with Gasteiger partial charge in [-0.3, -0.25) is 19.2 Å². The summed E-state index contributed by atoms with van der Waals surface area (Å²) >= 11 is 0. The molecule has 4 aromatic rings. The van der Waals surface area contributed by atoms with Crippen LogP contribution in [0.4, 0.5) is 24.8 Å². The Labute approximate surface area is 221 Å². The summed E-state index contributed by atoms with van der Waals surface area (Å²) in [5, 5.41) is 0. The van der Waals surface area contributed by atoms with E-state index in [0.29, 0.717) is 39.8 Å². The molecule has 5 rings (SSSR count). The number of amides is 1. The summed E-state index contributed by atoms with van der Waals surface area (Å²) < 4.78 is 65.6. The van der Waals surface area contributed by atoms with Gasteiger partial charge in [0.25, 0.3) is 11.5 Å². The molecule has 8 nitrogen and oxygen atoms in total. The van der Waals surface area contributed by atoms with E-state index in [2.05, 4.69) is 9.97 Å². The third kappa shape index (κ3) is 5.41. The van der Waals surface area contributed by atoms with Gasteiger partial charge in [0.15, 0.2) is 5.82 Å². The summed E-state index contributed by atoms with van der Waals surface area (Å²) in [5.74, 6) is -0.808. The Hall–Kier alpha value is -4.45. The van der Waals surface area contributed by atoms with Crippen LogP contribution in [0.25, 0.3) is 22.3 Å². The molecular weight excluding hydrogens is 533 g/mol. The quantitative estimate of drug-likeness (QED) is 0.372. The Morgan fingerprint density at radius 2 is 1.64 bits per heavy atom. The summed E-state index contributed by atoms with van der Waals surface area (Å²) in [4.78, 5) is 33.0. The lowest BCUT2D eigenvalue weighted by Gasteiger charge is -2.28. The van der Waals surface area contributed by atoms with Crippen LogP contribution < -0.4 is 15.2 Å². The van der Waals surface area contributed by atoms with E-state index in [1.165, 1.54) is 17.2 Å². The van der Waals surface area contributed by atoms with Gasteiger partial charge in [0.05, 0.1) is 11.8 Å². The number of nitrogens with zero attached hydrogens (tertiary/aromatic N) is 2. The van der Waals surface area contributed by atoms with Gasteiger partial charge < -0.3 is 4.98 Å². The highest BCUT2D eigenvalue weighted by Gasteiger charge is 2.32. The fourth-order valence-electron chi connectivity index (χ4n) is 4.48. The second-order valence-corrected chi connectivity index (χ2v) is 10.8. The van der Waals surface area contributed by atoms with Gasteiger partial charge in [-0.15, -0.1) is 0 Å². The van der Waals surface area contributed by atoms with E-state index in [4.69, 9.17) is 0 Å². The minimum Gasteiger partial charge on any atom is -0.322 e. The van der Waals surface area contributed by atoms with Gasteiger partial charge in [-0.25, -0.2) is 13.4 Å². The smallest absolute Gasteiger partial charge is 0.322 e. The second kappa shape index (κ2) is 9.70. The first-order valence-electron chi connectivity index (χ1n) is 11.7. The van der Waals surface area contributed by atoms with E-state index in [-0.39, 0.29) is 12.4 Å². The Morgan fingerprint density at radius 3 is 2.33 bits per heavy atom. The number of carbonyl (C=O) groups is 1. The van der Waals surface area contributed by atoms with Gasteiger partial charge >= 0.3 is 6.18 Å². The highest BCUT2D eigenvalue weighted by atomic mass is 32.2. The fourth-order valence-corrected chi connectivity index (χ4v) is 4.97. The van der Waals surface area contributed by atoms with Crippen molar-refractivity contribution in [3.05, 3.63) is 100.0 Å². The van der Waals surface area contributed by atoms with Crippen molar-refractivity contribution in [3.63, 3.8) is 0 Å². The molecule has 1 amide bonds. The van der Waals surface area contributed by atoms with Crippen molar-refractivity contribution < 1.29 is 26.4 Å². The number of halogens is 3. The minimum absolute atomic E-state index is 0.0644. The maximum Gasteiger partial charge on any atom is 0.416 e. The molecule has 12 heteroatoms. The molecule has 39 heavy (non-hydrogen) atoms. The molecule has 1 aliphatic heterocycles. The summed E-state index contributed by atoms with van der Waals surface area (Å²) in [7, 11) is -3.77. The van der Waals surface area contributed by atoms with Crippen LogP contribution in [0.5, 0.6) is 0 Å². The van der Waals surface area contributed by atoms with Gasteiger partial charge in [-0.05, 0) is 52.4 Å². The molecule has 2 heterocycles. The fraction of sp³-hybridized carbons (Fsp3) is 0.148. The number of H-pyrrole nitrogens is 1. The lowest BCUT2D eigenvalue weighted by molar-refractivity contribution is -0.137. The van der Waals surface area contributed by atoms with Gasteiger partial charge in [0, 0.05) is 18.3 Å². The monoisotopic (exact) mass is 554 g/mol. The van der Waals surface area contributed by atoms with Crippen LogP contribution >= 0.6 is 0 Å². The molecule has 1 aliphatic rings. The Balaban J connectivity index is 1.52. The number of carbonyl (C=O) groups excluding carboxylic acids is 1. The number of nitrogens with one attached hydrogen (secondary N) is 2. The van der Waals surface area contributed by atoms with Gasteiger partial charge in [0.2, 0.25) is 15.8 Å². The number of rotatable bonds is 5. The van der Waals surface area contributed by atoms with E-state index >= 15 is 0 Å². The summed E-state index contributed by atoms with van der Waals surface area (Å²) in [6, 6.07) is 17.4. The van der Waals surface area contributed by atoms with Crippen molar-refractivity contribution in [3.8, 4) is 22.3 Å². The van der Waals surface area contributed by atoms with Crippen LogP contribution in [0.3, 0.4) is 0 Å². The van der Waals surface area contributed by atoms with Crippen LogP contribution in [0, 0.1) is 0 Å². The maximum absolute atomic E-state index is 13.5. The molecule has 0 saturated heterocycles. The molecule has 0 saturated carbocycles. The number of hydrogen-bond acceptors (Lipinski definition) is 5. The molecule has 0 aliphatic carbocycles. The Bertz CT molecular complexity index is 1750. The molecule has 0 fully saturated rings. The van der Waals surface area contributed by atoms with E-state index in [1.54, 1.807) is 48.5 Å². The largest absolute Gasteiger partial charge is 0.416 e. The van der Waals surface area contributed by atoms with E-state index in [1.807, 2.05) is 4.72 Å². The lowest BCUT2D eigenvalue weighted by atomic mass is 9.89. The maximum atomic E-state index is 13.5. The average Bonchev–Trinajstić information content (AvgIpc) is 2.89. The summed E-state index contributed by atoms with van der Waals surface area (Å²) in [6.45, 7) is 0.186. The van der Waals surface area contributed by atoms with Gasteiger partial charge in [-0.1, -0.05) is 48.5 Å². The molecule has 200 valence electrons. The molecule has 1 aromatic heterocycles. The normalized spacial score (nSPS) is 13.7. The summed E-state index contributed by atoms with van der Waals surface area (Å²) in [6.07, 6.45) is -2.01. The number of anilines is 2. The third-order valence-electron chi connectivity index (χ3n) is 6.26. The van der Waals surface area contributed by atoms with Gasteiger partial charge in [-0.2, -0.15) is 13.2 Å². The van der Waals surface area contributed by atoms with Crippen molar-refractivity contribution in [1.82, 2.24) is 9.97 Å². The van der Waals surface area contributed by atoms with Crippen LogP contribution in [0.15, 0.2) is 77.7 Å². The van der Waals surface area contributed by atoms with Crippen molar-refractivity contribution in [2.75, 3.05) is 22.4 Å². The zero-order valence-corrected chi connectivity index (χ0v) is 21.2. The minimum atomic E-state index is -4.50. The van der Waals surface area contributed by atoms with Crippen LogP contribution in [0.1, 0.15) is 21.5 Å². The number of fused-ring (bicyclic) bond motifs is 1. The van der Waals surface area contributed by atoms with Crippen molar-refractivity contribution >= 4 is 27.6 Å². The van der Waals surface area contributed by atoms with Crippen LogP contribution in [-0.4, -0.2) is 37.1 Å². The highest BCUT2D eigenvalue weighted by Crippen LogP contribution is 2.39. The topological polar surface area (TPSA) is 112 Å². The standard InChI is InChI=1S/C27H21F3N4O4S/c1-39(37,38)33-24-25(35)31-15-23(32-24)34-12-11-18-13-17(7-9-21(18)26(34)36)20-10-8-19(27(28,29)30)14-22(20)16-5-3-2-4-6-16/h2-10,13-15H,11-12H2,1H3,(H,31,35)(H,32,33). The lowest BCUT2D eigenvalue weighted by Crippen LogP contribution is -2.39. The molecule has 0 unspecified atom stereocenters. The average molecular weight is 555 g/mol. The predicted molar refractivity (Wildman–Crippen MR) is 141 cm³/mol. The molecule has 0 spiro atoms. The van der Waals surface area contributed by atoms with Crippen molar-refractivity contribution in [1.29, 1.82) is 0 Å². The zero-order valence-electron chi connectivity index (χ0n) is 20.4. The van der Waals surface area contributed by atoms with Crippen LogP contribution in [0.2, 0.25) is 0 Å². The third-order valence-corrected chi connectivity index (χ3v) is 6.82. The van der Waals surface area contributed by atoms with E-state index < -0.39 is 39.0 Å². The second-order valence-electron chi connectivity index (χ2n) is 9.01. The Morgan fingerprint density at radius 1 is 0.923 bits per heavy atom. The Kier molecular flexibility index (Phi) is 6.51. The SMILES string of the molecule is CS(=O)(=O)Nc1nc(N2CCc3cc(-c4ccc(C(F)(F)F)cc4-c4ccccc4)ccc3C2=O)c[nH]c1=O. The molecular formula is C27H21F3N4O4S. The molecule has 0 radical (unpaired) electrons.